The van der Waals surface area contributed by atoms with E-state index in [4.69, 9.17) is 0 Å². The predicted molar refractivity (Wildman–Crippen MR) is 86.8 cm³/mol. The van der Waals surface area contributed by atoms with Crippen molar-refractivity contribution in [3.05, 3.63) is 17.0 Å². The van der Waals surface area contributed by atoms with Crippen molar-refractivity contribution in [3.63, 3.8) is 0 Å². The predicted octanol–water partition coefficient (Wildman–Crippen LogP) is 1.80. The van der Waals surface area contributed by atoms with E-state index in [2.05, 4.69) is 67.2 Å². The minimum Gasteiger partial charge on any atom is -0.177 e. The van der Waals surface area contributed by atoms with Gasteiger partial charge in [-0.25, -0.2) is 0 Å². The summed E-state index contributed by atoms with van der Waals surface area (Å²) in [5, 5.41) is 4.30. The second-order valence-corrected chi connectivity index (χ2v) is 12.5. The summed E-state index contributed by atoms with van der Waals surface area (Å²) in [5.74, 6) is 0.744. The molecule has 2 unspecified atom stereocenters. The Morgan fingerprint density at radius 2 is 2.12 bits per heavy atom. The van der Waals surface area contributed by atoms with E-state index < -0.39 is 14.5 Å². The van der Waals surface area contributed by atoms with E-state index in [1.807, 2.05) is 13.1 Å². The first-order valence-corrected chi connectivity index (χ1v) is 11.5. The molecule has 0 saturated heterocycles. The first-order valence-electron chi connectivity index (χ1n) is 4.70. The highest BCUT2D eigenvalue weighted by atomic mass is 32.7. The second-order valence-electron chi connectivity index (χ2n) is 3.82. The Labute approximate surface area is 111 Å². The number of rotatable bonds is 6. The zero-order valence-corrected chi connectivity index (χ0v) is 14.3. The fraction of sp³-hybridized carbons (Fsp3) is 0.571. The molecule has 1 aromatic rings. The van der Waals surface area contributed by atoms with E-state index in [1.165, 1.54) is 5.56 Å². The van der Waals surface area contributed by atoms with Crippen LogP contribution in [0.2, 0.25) is 0 Å². The lowest BCUT2D eigenvalue weighted by atomic mass is 10.6. The molecule has 0 saturated carbocycles. The standard InChI is InChI=1S/C7H18N4P3S2/c1-8-13(2,3)11-14(16,10-12)9-7-4-6(7)5-15/h4,8,10-11,16H,5,12H2,1-3H3/q+1/p+1. The first-order chi connectivity index (χ1) is 7.36. The molecule has 0 spiro atoms. The van der Waals surface area contributed by atoms with E-state index in [0.29, 0.717) is 0 Å². The van der Waals surface area contributed by atoms with Gasteiger partial charge in [0.1, 0.15) is 5.36 Å². The Bertz CT molecular complexity index is 377. The molecule has 4 nitrogen and oxygen atoms in total. The normalized spacial score (nSPS) is 18.0. The summed E-state index contributed by atoms with van der Waals surface area (Å²) in [5.41, 5.74) is 1.20. The summed E-state index contributed by atoms with van der Waals surface area (Å²) in [6.45, 7) is 2.32. The minimum absolute atomic E-state index is 0.744. The van der Waals surface area contributed by atoms with Gasteiger partial charge in [0.2, 0.25) is 0 Å². The van der Waals surface area contributed by atoms with Crippen molar-refractivity contribution in [1.29, 1.82) is 0 Å². The van der Waals surface area contributed by atoms with Gasteiger partial charge < -0.3 is 0 Å². The minimum atomic E-state index is -1.99. The van der Waals surface area contributed by atoms with Gasteiger partial charge in [0, 0.05) is 12.8 Å². The lowest BCUT2D eigenvalue weighted by molar-refractivity contribution is 1.19. The molecule has 0 heterocycles. The van der Waals surface area contributed by atoms with Crippen LogP contribution in [0.5, 0.6) is 0 Å². The monoisotopic (exact) mass is 316 g/mol. The molecule has 1 aromatic carbocycles. The molecule has 92 valence electrons. The SMILES string of the molecule is CN[P+](C)(C)N[P+](S)(N=c1cc1CS)NP. The van der Waals surface area contributed by atoms with Crippen molar-refractivity contribution in [3.8, 4) is 0 Å². The molecule has 0 aromatic heterocycles. The quantitative estimate of drug-likeness (QED) is 0.411. The lowest BCUT2D eigenvalue weighted by Gasteiger charge is -2.20. The highest BCUT2D eigenvalue weighted by Gasteiger charge is 2.44. The van der Waals surface area contributed by atoms with Crippen molar-refractivity contribution >= 4 is 48.7 Å². The van der Waals surface area contributed by atoms with Crippen LogP contribution in [0.25, 0.3) is 0 Å². The molecule has 2 atom stereocenters. The summed E-state index contributed by atoms with van der Waals surface area (Å²) >= 11 is 8.84. The summed E-state index contributed by atoms with van der Waals surface area (Å²) in [4.78, 5) is 6.59. The van der Waals surface area contributed by atoms with Crippen molar-refractivity contribution in [2.75, 3.05) is 20.4 Å². The smallest absolute Gasteiger partial charge is 0.177 e. The van der Waals surface area contributed by atoms with Crippen LogP contribution in [0.15, 0.2) is 10.8 Å². The van der Waals surface area contributed by atoms with Crippen molar-refractivity contribution in [2.45, 2.75) is 5.75 Å². The van der Waals surface area contributed by atoms with Crippen LogP contribution >= 0.6 is 48.7 Å². The van der Waals surface area contributed by atoms with Crippen molar-refractivity contribution < 1.29 is 0 Å². The molecule has 0 fully saturated rings. The number of thiol groups is 2. The maximum atomic E-state index is 4.63. The molecular weight excluding hydrogens is 297 g/mol. The topological polar surface area (TPSA) is 48.5 Å². The molecule has 9 heteroatoms. The highest BCUT2D eigenvalue weighted by molar-refractivity contribution is 8.52. The average molecular weight is 316 g/mol. The van der Waals surface area contributed by atoms with Crippen LogP contribution in [0.4, 0.5) is 0 Å². The fourth-order valence-corrected chi connectivity index (χ4v) is 8.39. The van der Waals surface area contributed by atoms with Crippen LogP contribution in [-0.2, 0) is 5.75 Å². The summed E-state index contributed by atoms with van der Waals surface area (Å²) < 4.78 is 4.62. The van der Waals surface area contributed by atoms with Crippen LogP contribution in [0, 0.1) is 0 Å². The van der Waals surface area contributed by atoms with Gasteiger partial charge in [-0.15, -0.1) is 4.86 Å². The molecular formula is C7H19N4P3S2+2. The van der Waals surface area contributed by atoms with E-state index in [9.17, 15) is 0 Å². The number of nitrogens with zero attached hydrogens (tertiary/aromatic N) is 1. The van der Waals surface area contributed by atoms with E-state index in [0.717, 1.165) is 11.1 Å². The Balaban J connectivity index is 2.79. The fourth-order valence-electron chi connectivity index (χ4n) is 0.983. The Morgan fingerprint density at radius 1 is 1.50 bits per heavy atom. The van der Waals surface area contributed by atoms with Gasteiger partial charge in [-0.2, -0.15) is 17.7 Å². The van der Waals surface area contributed by atoms with Gasteiger partial charge in [-0.05, 0) is 25.9 Å². The van der Waals surface area contributed by atoms with Gasteiger partial charge in [0.25, 0.3) is 0 Å². The molecule has 0 aliphatic carbocycles. The molecule has 0 radical (unpaired) electrons. The first kappa shape index (κ1) is 15.3. The maximum Gasteiger partial charge on any atom is 0.366 e. The highest BCUT2D eigenvalue weighted by Crippen LogP contribution is 2.66. The molecule has 0 amide bonds. The zero-order valence-electron chi connectivity index (χ0n) is 9.60. The zero-order chi connectivity index (χ0) is 12.4. The number of hydrogen-bond donors (Lipinski definition) is 5. The van der Waals surface area contributed by atoms with Gasteiger partial charge in [0.05, 0.1) is 25.6 Å². The van der Waals surface area contributed by atoms with Gasteiger partial charge in [0.15, 0.2) is 7.56 Å². The van der Waals surface area contributed by atoms with Crippen LogP contribution in [-0.4, -0.2) is 20.4 Å². The largest absolute Gasteiger partial charge is 0.366 e. The number of hydrogen-bond acceptors (Lipinski definition) is 6. The van der Waals surface area contributed by atoms with Crippen LogP contribution in [0.3, 0.4) is 0 Å². The Hall–Kier alpha value is 1.28. The third-order valence-electron chi connectivity index (χ3n) is 2.11. The van der Waals surface area contributed by atoms with Gasteiger partial charge in [-0.3, -0.25) is 0 Å². The van der Waals surface area contributed by atoms with Gasteiger partial charge in [-0.1, -0.05) is 4.76 Å². The van der Waals surface area contributed by atoms with Crippen LogP contribution < -0.4 is 20.2 Å². The summed E-state index contributed by atoms with van der Waals surface area (Å²) in [7, 11) is 3.07. The summed E-state index contributed by atoms with van der Waals surface area (Å²) in [6, 6.07) is 2.03. The Morgan fingerprint density at radius 3 is 2.50 bits per heavy atom. The molecule has 1 rings (SSSR count). The lowest BCUT2D eigenvalue weighted by Crippen LogP contribution is -2.25. The maximum absolute atomic E-state index is 4.63. The molecule has 3 N–H and O–H groups in total. The molecule has 0 aliphatic rings. The second kappa shape index (κ2) is 5.95. The molecule has 0 bridgehead atoms. The Kier molecular flexibility index (Phi) is 5.70. The molecule has 16 heavy (non-hydrogen) atoms. The average Bonchev–Trinajstić information content (AvgIpc) is 2.95. The van der Waals surface area contributed by atoms with Crippen LogP contribution in [0.1, 0.15) is 5.56 Å². The van der Waals surface area contributed by atoms with Crippen molar-refractivity contribution in [2.24, 2.45) is 4.76 Å². The van der Waals surface area contributed by atoms with E-state index in [1.54, 1.807) is 0 Å². The molecule has 0 aliphatic heterocycles. The summed E-state index contributed by atoms with van der Waals surface area (Å²) in [6.07, 6.45) is 0. The number of nitrogens with one attached hydrogen (secondary N) is 3. The van der Waals surface area contributed by atoms with Crippen molar-refractivity contribution in [1.82, 2.24) is 14.8 Å². The van der Waals surface area contributed by atoms with E-state index >= 15 is 0 Å². The third kappa shape index (κ3) is 4.51. The van der Waals surface area contributed by atoms with Gasteiger partial charge >= 0.3 is 6.92 Å². The third-order valence-corrected chi connectivity index (χ3v) is 10.7. The van der Waals surface area contributed by atoms with E-state index in [-0.39, 0.29) is 0 Å².